The van der Waals surface area contributed by atoms with E-state index >= 15 is 0 Å². The van der Waals surface area contributed by atoms with Gasteiger partial charge in [-0.2, -0.15) is 0 Å². The van der Waals surface area contributed by atoms with E-state index in [4.69, 9.17) is 0 Å². The predicted molar refractivity (Wildman–Crippen MR) is 73.1 cm³/mol. The van der Waals surface area contributed by atoms with Gasteiger partial charge in [-0.25, -0.2) is 0 Å². The topological polar surface area (TPSA) is 20.2 Å². The molecule has 1 aromatic rings. The third-order valence-corrected chi connectivity index (χ3v) is 3.38. The van der Waals surface area contributed by atoms with Crippen LogP contribution in [0.4, 0.5) is 0 Å². The molecule has 1 aliphatic carbocycles. The van der Waals surface area contributed by atoms with Gasteiger partial charge >= 0.3 is 0 Å². The van der Waals surface area contributed by atoms with Gasteiger partial charge in [-0.05, 0) is 59.9 Å². The van der Waals surface area contributed by atoms with E-state index in [2.05, 4.69) is 26.8 Å². The van der Waals surface area contributed by atoms with Gasteiger partial charge in [0, 0.05) is 0 Å². The van der Waals surface area contributed by atoms with Gasteiger partial charge in [0.1, 0.15) is 5.75 Å². The van der Waals surface area contributed by atoms with Crippen molar-refractivity contribution in [2.75, 3.05) is 0 Å². The zero-order chi connectivity index (χ0) is 12.5. The predicted octanol–water partition coefficient (Wildman–Crippen LogP) is 4.55. The van der Waals surface area contributed by atoms with Crippen molar-refractivity contribution < 1.29 is 5.11 Å². The smallest absolute Gasteiger partial charge is 0.116 e. The van der Waals surface area contributed by atoms with E-state index in [0.717, 1.165) is 12.8 Å². The fourth-order valence-electron chi connectivity index (χ4n) is 2.43. The number of fused-ring (bicyclic) bond motifs is 1. The van der Waals surface area contributed by atoms with Crippen LogP contribution in [0.2, 0.25) is 0 Å². The van der Waals surface area contributed by atoms with Crippen LogP contribution in [0.3, 0.4) is 0 Å². The highest BCUT2D eigenvalue weighted by atomic mass is 16.3. The Bertz CT molecular complexity index is 435. The molecule has 0 saturated heterocycles. The van der Waals surface area contributed by atoms with Gasteiger partial charge in [-0.1, -0.05) is 32.9 Å². The Kier molecular flexibility index (Phi) is 3.28. The summed E-state index contributed by atoms with van der Waals surface area (Å²) in [5.41, 5.74) is 4.45. The zero-order valence-corrected chi connectivity index (χ0v) is 11.1. The van der Waals surface area contributed by atoms with E-state index in [1.165, 1.54) is 29.5 Å². The van der Waals surface area contributed by atoms with E-state index in [0.29, 0.717) is 11.2 Å². The summed E-state index contributed by atoms with van der Waals surface area (Å²) in [4.78, 5) is 0. The maximum atomic E-state index is 9.54. The Labute approximate surface area is 104 Å². The molecular weight excluding hydrogens is 208 g/mol. The van der Waals surface area contributed by atoms with Crippen LogP contribution in [0.1, 0.15) is 51.2 Å². The first-order chi connectivity index (χ1) is 7.96. The average Bonchev–Trinajstić information content (AvgIpc) is 2.59. The molecule has 0 atom stereocenters. The molecule has 0 spiro atoms. The van der Waals surface area contributed by atoms with Crippen LogP contribution >= 0.6 is 0 Å². The van der Waals surface area contributed by atoms with Crippen molar-refractivity contribution >= 4 is 5.57 Å². The molecule has 2 rings (SSSR count). The second-order valence-electron chi connectivity index (χ2n) is 6.19. The van der Waals surface area contributed by atoms with Crippen molar-refractivity contribution in [1.29, 1.82) is 0 Å². The van der Waals surface area contributed by atoms with Crippen LogP contribution < -0.4 is 0 Å². The summed E-state index contributed by atoms with van der Waals surface area (Å²) in [5.74, 6) is 0.382. The van der Waals surface area contributed by atoms with Crippen molar-refractivity contribution in [2.24, 2.45) is 5.41 Å². The summed E-state index contributed by atoms with van der Waals surface area (Å²) in [6, 6.07) is 5.73. The first kappa shape index (κ1) is 12.2. The van der Waals surface area contributed by atoms with Crippen molar-refractivity contribution in [3.63, 3.8) is 0 Å². The van der Waals surface area contributed by atoms with Crippen LogP contribution in [-0.4, -0.2) is 5.11 Å². The summed E-state index contributed by atoms with van der Waals surface area (Å²) >= 11 is 0. The molecule has 1 heteroatoms. The van der Waals surface area contributed by atoms with Gasteiger partial charge in [-0.15, -0.1) is 0 Å². The number of allylic oxidation sites excluding steroid dienone is 2. The summed E-state index contributed by atoms with van der Waals surface area (Å²) < 4.78 is 0. The highest BCUT2D eigenvalue weighted by Gasteiger charge is 2.16. The number of phenols is 1. The molecule has 1 aromatic carbocycles. The number of rotatable bonds is 3. The monoisotopic (exact) mass is 230 g/mol. The summed E-state index contributed by atoms with van der Waals surface area (Å²) in [7, 11) is 0. The van der Waals surface area contributed by atoms with Crippen LogP contribution in [0, 0.1) is 5.41 Å². The summed E-state index contributed by atoms with van der Waals surface area (Å²) in [6.45, 7) is 6.86. The van der Waals surface area contributed by atoms with Crippen molar-refractivity contribution in [3.05, 3.63) is 35.4 Å². The fraction of sp³-hybridized carbons (Fsp3) is 0.500. The third-order valence-electron chi connectivity index (χ3n) is 3.38. The minimum Gasteiger partial charge on any atom is -0.508 e. The quantitative estimate of drug-likeness (QED) is 0.807. The van der Waals surface area contributed by atoms with Gasteiger partial charge in [0.15, 0.2) is 0 Å². The van der Waals surface area contributed by atoms with Gasteiger partial charge in [-0.3, -0.25) is 0 Å². The first-order valence-electron chi connectivity index (χ1n) is 6.47. The lowest BCUT2D eigenvalue weighted by molar-refractivity contribution is 0.368. The second-order valence-corrected chi connectivity index (χ2v) is 6.19. The fourth-order valence-corrected chi connectivity index (χ4v) is 2.43. The van der Waals surface area contributed by atoms with Gasteiger partial charge in [0.2, 0.25) is 0 Å². The molecule has 0 bridgehead atoms. The Hall–Kier alpha value is -1.24. The highest BCUT2D eigenvalue weighted by molar-refractivity contribution is 5.73. The molecule has 0 heterocycles. The van der Waals surface area contributed by atoms with Crippen LogP contribution in [0.25, 0.3) is 5.57 Å². The molecule has 0 saturated carbocycles. The van der Waals surface area contributed by atoms with E-state index in [1.807, 2.05) is 12.1 Å². The van der Waals surface area contributed by atoms with Crippen molar-refractivity contribution in [1.82, 2.24) is 0 Å². The number of aromatic hydroxyl groups is 1. The average molecular weight is 230 g/mol. The number of hydrogen-bond donors (Lipinski definition) is 1. The Morgan fingerprint density at radius 1 is 1.24 bits per heavy atom. The molecule has 0 unspecified atom stereocenters. The summed E-state index contributed by atoms with van der Waals surface area (Å²) in [6.07, 6.45) is 6.95. The van der Waals surface area contributed by atoms with Gasteiger partial charge in [0.05, 0.1) is 0 Å². The van der Waals surface area contributed by atoms with Crippen LogP contribution in [-0.2, 0) is 6.42 Å². The lowest BCUT2D eigenvalue weighted by atomic mass is 9.88. The van der Waals surface area contributed by atoms with E-state index in [-0.39, 0.29) is 0 Å². The minimum absolute atomic E-state index is 0.382. The van der Waals surface area contributed by atoms with E-state index in [1.54, 1.807) is 6.07 Å². The molecule has 0 aromatic heterocycles. The number of phenolic OH excluding ortho intramolecular Hbond substituents is 1. The Morgan fingerprint density at radius 2 is 2.00 bits per heavy atom. The molecular formula is C16H22O. The summed E-state index contributed by atoms with van der Waals surface area (Å²) in [5, 5.41) is 9.54. The number of benzene rings is 1. The Balaban J connectivity index is 2.00. The normalized spacial score (nSPS) is 14.6. The second kappa shape index (κ2) is 4.56. The number of hydrogen-bond acceptors (Lipinski definition) is 1. The largest absolute Gasteiger partial charge is 0.508 e. The molecule has 1 nitrogen and oxygen atoms in total. The lowest BCUT2D eigenvalue weighted by Gasteiger charge is -2.18. The maximum absolute atomic E-state index is 9.54. The molecule has 0 radical (unpaired) electrons. The maximum Gasteiger partial charge on any atom is 0.116 e. The third kappa shape index (κ3) is 3.12. The highest BCUT2D eigenvalue weighted by Crippen LogP contribution is 2.34. The van der Waals surface area contributed by atoms with Crippen molar-refractivity contribution in [3.8, 4) is 5.75 Å². The van der Waals surface area contributed by atoms with E-state index < -0.39 is 0 Å². The minimum atomic E-state index is 0.382. The van der Waals surface area contributed by atoms with Gasteiger partial charge < -0.3 is 5.11 Å². The standard InChI is InChI=1S/C16H22O/c1-16(2,3)10-4-5-12-6-7-13-8-9-14(17)11-15(12)13/h6,8-9,11,17H,4-5,7,10H2,1-3H3. The van der Waals surface area contributed by atoms with Crippen LogP contribution in [0.15, 0.2) is 24.3 Å². The molecule has 0 fully saturated rings. The Morgan fingerprint density at radius 3 is 2.71 bits per heavy atom. The lowest BCUT2D eigenvalue weighted by Crippen LogP contribution is -2.04. The first-order valence-corrected chi connectivity index (χ1v) is 6.47. The van der Waals surface area contributed by atoms with E-state index in [9.17, 15) is 5.11 Å². The molecule has 92 valence electrons. The SMILES string of the molecule is CC(C)(C)CCCC1=CCc2ccc(O)cc21. The molecule has 0 aliphatic heterocycles. The van der Waals surface area contributed by atoms with Crippen LogP contribution in [0.5, 0.6) is 5.75 Å². The van der Waals surface area contributed by atoms with Gasteiger partial charge in [0.25, 0.3) is 0 Å². The molecule has 17 heavy (non-hydrogen) atoms. The molecule has 1 N–H and O–H groups in total. The molecule has 0 amide bonds. The zero-order valence-electron chi connectivity index (χ0n) is 11.1. The van der Waals surface area contributed by atoms with Crippen molar-refractivity contribution in [2.45, 2.75) is 46.5 Å². The molecule has 1 aliphatic rings.